The van der Waals surface area contributed by atoms with Crippen molar-refractivity contribution in [1.82, 2.24) is 30.1 Å². The van der Waals surface area contributed by atoms with Gasteiger partial charge in [0.2, 0.25) is 18.2 Å². The Labute approximate surface area is 359 Å². The summed E-state index contributed by atoms with van der Waals surface area (Å²) in [5.41, 5.74) is 3.73. The van der Waals surface area contributed by atoms with E-state index in [2.05, 4.69) is 44.4 Å². The summed E-state index contributed by atoms with van der Waals surface area (Å²) in [7, 11) is 0. The molecule has 5 heterocycles. The van der Waals surface area contributed by atoms with Crippen molar-refractivity contribution in [3.05, 3.63) is 112 Å². The number of benzene rings is 3. The van der Waals surface area contributed by atoms with Gasteiger partial charge in [0.15, 0.2) is 5.78 Å². The number of piperidine rings is 2. The number of rotatable bonds is 13. The van der Waals surface area contributed by atoms with Gasteiger partial charge in [0.25, 0.3) is 5.91 Å². The van der Waals surface area contributed by atoms with E-state index >= 15 is 0 Å². The third-order valence-electron chi connectivity index (χ3n) is 11.1. The van der Waals surface area contributed by atoms with Crippen molar-refractivity contribution in [3.8, 4) is 23.3 Å². The van der Waals surface area contributed by atoms with Crippen LogP contribution in [0.3, 0.4) is 0 Å². The molecule has 2 saturated heterocycles. The number of amides is 4. The van der Waals surface area contributed by atoms with Gasteiger partial charge in [-0.1, -0.05) is 80.3 Å². The van der Waals surface area contributed by atoms with Gasteiger partial charge in [0, 0.05) is 67.5 Å². The van der Waals surface area contributed by atoms with Crippen LogP contribution < -0.4 is 15.4 Å². The van der Waals surface area contributed by atoms with E-state index in [1.54, 1.807) is 40.3 Å². The number of fused-ring (bicyclic) bond motifs is 2. The zero-order chi connectivity index (χ0) is 42.7. The fraction of sp³-hybridized carbons (Fsp3) is 0.340. The maximum Gasteiger partial charge on any atom is 0.255 e. The second-order valence-corrected chi connectivity index (χ2v) is 15.7. The van der Waals surface area contributed by atoms with Crippen LogP contribution in [0.1, 0.15) is 109 Å². The summed E-state index contributed by atoms with van der Waals surface area (Å²) in [6.45, 7) is 3.94. The molecule has 0 spiro atoms. The maximum atomic E-state index is 13.5. The van der Waals surface area contributed by atoms with E-state index < -0.39 is 6.04 Å². The number of aromatic amines is 1. The fourth-order valence-corrected chi connectivity index (χ4v) is 8.04. The van der Waals surface area contributed by atoms with Crippen LogP contribution in [0.5, 0.6) is 11.5 Å². The molecule has 0 bridgehead atoms. The number of nitrogens with zero attached hydrogens (tertiary/aromatic N) is 4. The second-order valence-electron chi connectivity index (χ2n) is 15.3. The number of halogens is 1. The van der Waals surface area contributed by atoms with E-state index in [9.17, 15) is 24.0 Å². The van der Waals surface area contributed by atoms with E-state index in [0.717, 1.165) is 43.2 Å². The highest BCUT2D eigenvalue weighted by Crippen LogP contribution is 2.33. The average Bonchev–Trinajstić information content (AvgIpc) is 3.86. The molecule has 3 aliphatic rings. The van der Waals surface area contributed by atoms with Crippen molar-refractivity contribution in [2.24, 2.45) is 0 Å². The predicted molar refractivity (Wildman–Crippen MR) is 232 cm³/mol. The minimum atomic E-state index is -0.582. The largest absolute Gasteiger partial charge is 0.457 e. The topological polar surface area (TPSA) is 167 Å². The number of ketones is 1. The Bertz CT molecular complexity index is 2470. The average molecular weight is 842 g/mol. The van der Waals surface area contributed by atoms with Gasteiger partial charge in [-0.15, -0.1) is 0 Å². The Hall–Kier alpha value is -6.52. The van der Waals surface area contributed by atoms with Gasteiger partial charge in [-0.3, -0.25) is 29.3 Å². The monoisotopic (exact) mass is 841 g/mol. The Morgan fingerprint density at radius 2 is 1.75 bits per heavy atom. The number of imide groups is 1. The molecule has 61 heavy (non-hydrogen) atoms. The molecule has 2 aromatic heterocycles. The van der Waals surface area contributed by atoms with Crippen molar-refractivity contribution in [2.75, 3.05) is 18.4 Å². The van der Waals surface area contributed by atoms with Crippen LogP contribution >= 0.6 is 11.6 Å². The third kappa shape index (κ3) is 10.3. The smallest absolute Gasteiger partial charge is 0.255 e. The summed E-state index contributed by atoms with van der Waals surface area (Å²) in [6, 6.07) is 19.5. The number of carbonyl (C=O) groups is 5. The highest BCUT2D eigenvalue weighted by Gasteiger charge is 2.39. The Balaban J connectivity index is 0.000000189. The molecule has 1 atom stereocenters. The molecule has 4 amide bonds. The third-order valence-corrected chi connectivity index (χ3v) is 11.4. The lowest BCUT2D eigenvalue weighted by Gasteiger charge is -2.30. The number of anilines is 1. The van der Waals surface area contributed by atoms with Crippen molar-refractivity contribution in [2.45, 2.75) is 89.8 Å². The molecule has 5 aromatic rings. The lowest BCUT2D eigenvalue weighted by Crippen LogP contribution is -2.52. The summed E-state index contributed by atoms with van der Waals surface area (Å²) in [5.74, 6) is 7.20. The van der Waals surface area contributed by atoms with E-state index in [4.69, 9.17) is 16.3 Å². The minimum absolute atomic E-state index is 0.144. The molecule has 13 nitrogen and oxygen atoms in total. The molecular weight excluding hydrogens is 794 g/mol. The fourth-order valence-electron chi connectivity index (χ4n) is 7.78. The first-order valence-electron chi connectivity index (χ1n) is 20.8. The lowest BCUT2D eigenvalue weighted by atomic mass is 10.0. The zero-order valence-corrected chi connectivity index (χ0v) is 34.8. The summed E-state index contributed by atoms with van der Waals surface area (Å²) < 4.78 is 5.82. The number of H-pyrrole nitrogens is 1. The van der Waals surface area contributed by atoms with Crippen LogP contribution in [0, 0.1) is 11.8 Å². The molecule has 2 fully saturated rings. The molecule has 314 valence electrons. The van der Waals surface area contributed by atoms with Crippen molar-refractivity contribution >= 4 is 58.4 Å². The molecule has 0 saturated carbocycles. The molecule has 14 heteroatoms. The van der Waals surface area contributed by atoms with E-state index in [-0.39, 0.29) is 36.0 Å². The molecule has 3 aliphatic heterocycles. The van der Waals surface area contributed by atoms with Gasteiger partial charge in [-0.05, 0) is 67.6 Å². The van der Waals surface area contributed by atoms with Gasteiger partial charge in [-0.25, -0.2) is 9.97 Å². The number of aromatic nitrogens is 3. The first-order valence-corrected chi connectivity index (χ1v) is 21.2. The number of likely N-dealkylation sites (tertiary alicyclic amines) is 1. The van der Waals surface area contributed by atoms with Crippen LogP contribution in [0.2, 0.25) is 5.02 Å². The van der Waals surface area contributed by atoms with E-state index in [1.807, 2.05) is 42.5 Å². The summed E-state index contributed by atoms with van der Waals surface area (Å²) in [6.07, 6.45) is 13.1. The summed E-state index contributed by atoms with van der Waals surface area (Å²) in [5, 5.41) is 6.67. The second kappa shape index (κ2) is 20.2. The molecule has 3 aromatic carbocycles. The van der Waals surface area contributed by atoms with Crippen LogP contribution in [-0.4, -0.2) is 79.8 Å². The first-order chi connectivity index (χ1) is 29.7. The number of hydrogen-bond donors (Lipinski definition) is 3. The van der Waals surface area contributed by atoms with E-state index in [1.165, 1.54) is 32.0 Å². The number of carbonyl (C=O) groups excluding carboxylic acids is 5. The predicted octanol–water partition coefficient (Wildman–Crippen LogP) is 7.83. The molecule has 8 rings (SSSR count). The number of para-hydroxylation sites is 1. The van der Waals surface area contributed by atoms with Crippen molar-refractivity contribution in [1.29, 1.82) is 0 Å². The van der Waals surface area contributed by atoms with Gasteiger partial charge in [0.1, 0.15) is 35.3 Å². The van der Waals surface area contributed by atoms with E-state index in [0.29, 0.717) is 76.1 Å². The highest BCUT2D eigenvalue weighted by atomic mass is 35.5. The van der Waals surface area contributed by atoms with Gasteiger partial charge < -0.3 is 24.8 Å². The normalized spacial score (nSPS) is 16.2. The number of unbranched alkanes of at least 4 members (excludes halogenated alkanes) is 5. The molecule has 0 radical (unpaired) electrons. The van der Waals surface area contributed by atoms with Crippen LogP contribution in [0.25, 0.3) is 11.0 Å². The number of nitrogens with one attached hydrogen (secondary N) is 3. The maximum absolute atomic E-state index is 13.5. The van der Waals surface area contributed by atoms with Crippen LogP contribution in [0.4, 0.5) is 5.82 Å². The SMILES string of the molecule is CCCCCCCC#Cc1cccc2c1CN(C1CCC(=O)NC1=O)C2=O.O=CN1CCC(Nc2ncnc3[nH]cc(C(=O)c4ccc(Oc5ccccc5)cc4Cl)c23)CC1. The van der Waals surface area contributed by atoms with Gasteiger partial charge in [0.05, 0.1) is 16.0 Å². The summed E-state index contributed by atoms with van der Waals surface area (Å²) >= 11 is 6.49. The molecule has 0 aliphatic carbocycles. The summed E-state index contributed by atoms with van der Waals surface area (Å²) in [4.78, 5) is 75.8. The molecule has 3 N–H and O–H groups in total. The molecular formula is C47H48ClN7O6. The Kier molecular flexibility index (Phi) is 14.1. The van der Waals surface area contributed by atoms with Gasteiger partial charge in [-0.2, -0.15) is 0 Å². The number of ether oxygens (including phenoxy) is 1. The lowest BCUT2D eigenvalue weighted by molar-refractivity contribution is -0.137. The first kappa shape index (κ1) is 42.6. The Morgan fingerprint density at radius 1 is 0.951 bits per heavy atom. The van der Waals surface area contributed by atoms with Crippen LogP contribution in [-0.2, 0) is 20.9 Å². The highest BCUT2D eigenvalue weighted by molar-refractivity contribution is 6.35. The zero-order valence-electron chi connectivity index (χ0n) is 34.0. The Morgan fingerprint density at radius 3 is 2.51 bits per heavy atom. The number of hydrogen-bond acceptors (Lipinski definition) is 9. The quantitative estimate of drug-likeness (QED) is 0.0352. The van der Waals surface area contributed by atoms with Crippen molar-refractivity contribution < 1.29 is 28.7 Å². The molecule has 1 unspecified atom stereocenters. The van der Waals surface area contributed by atoms with Crippen LogP contribution in [0.15, 0.2) is 79.3 Å². The van der Waals surface area contributed by atoms with Gasteiger partial charge >= 0.3 is 0 Å². The standard InChI is InChI=1S/C25H22ClN5O3.C22H26N2O3/c26-21-12-18(34-17-4-2-1-3-5-17)6-7-19(21)23(33)20-13-27-24-22(20)25(29-14-28-24)30-16-8-10-31(15-32)11-9-16;1-2-3-4-5-6-7-8-10-16-11-9-12-17-18(16)15-24(22(17)27)19-13-14-20(25)23-21(19)26/h1-7,12-16H,8-11H2,(H2,27,28,29,30);9,11-12,19H,2-7,13-15H2,1H3,(H,23,25,26). The van der Waals surface area contributed by atoms with Crippen molar-refractivity contribution in [3.63, 3.8) is 0 Å². The minimum Gasteiger partial charge on any atom is -0.457 e.